The fourth-order valence-electron chi connectivity index (χ4n) is 1.88. The molecule has 3 heterocycles. The molecule has 3 rings (SSSR count). The van der Waals surface area contributed by atoms with Gasteiger partial charge in [-0.2, -0.15) is 0 Å². The highest BCUT2D eigenvalue weighted by Gasteiger charge is 2.21. The average Bonchev–Trinajstić information content (AvgIpc) is 3.13. The molecule has 0 bridgehead atoms. The third-order valence-corrected chi connectivity index (χ3v) is 2.86. The molecular weight excluding hydrogens is 262 g/mol. The van der Waals surface area contributed by atoms with Gasteiger partial charge in [0.25, 0.3) is 5.91 Å². The van der Waals surface area contributed by atoms with Gasteiger partial charge in [0.2, 0.25) is 5.88 Å². The Kier molecular flexibility index (Phi) is 3.60. The second-order valence-corrected chi connectivity index (χ2v) is 4.30. The summed E-state index contributed by atoms with van der Waals surface area (Å²) in [6, 6.07) is 4.88. The summed E-state index contributed by atoms with van der Waals surface area (Å²) in [4.78, 5) is 16.3. The molecule has 1 saturated heterocycles. The molecule has 0 unspecified atom stereocenters. The first-order chi connectivity index (χ1) is 9.83. The van der Waals surface area contributed by atoms with Crippen LogP contribution in [0.3, 0.4) is 0 Å². The number of pyridine rings is 1. The molecule has 0 aliphatic carbocycles. The molecular formula is C13H13N3O4. The van der Waals surface area contributed by atoms with Crippen LogP contribution >= 0.6 is 0 Å². The Morgan fingerprint density at radius 1 is 1.45 bits per heavy atom. The van der Waals surface area contributed by atoms with E-state index in [2.05, 4.69) is 20.0 Å². The lowest BCUT2D eigenvalue weighted by molar-refractivity contribution is 0.101. The minimum atomic E-state index is -0.346. The maximum absolute atomic E-state index is 12.2. The zero-order valence-electron chi connectivity index (χ0n) is 10.6. The van der Waals surface area contributed by atoms with Gasteiger partial charge in [-0.1, -0.05) is 5.16 Å². The van der Waals surface area contributed by atoms with Crippen LogP contribution in [0.2, 0.25) is 0 Å². The largest absolute Gasteiger partial charge is 0.471 e. The molecule has 1 fully saturated rings. The summed E-state index contributed by atoms with van der Waals surface area (Å²) in [7, 11) is 0. The summed E-state index contributed by atoms with van der Waals surface area (Å²) in [6.45, 7) is 1.18. The molecule has 0 saturated carbocycles. The van der Waals surface area contributed by atoms with E-state index in [4.69, 9.17) is 9.47 Å². The summed E-state index contributed by atoms with van der Waals surface area (Å²) in [6.07, 6.45) is 3.69. The number of nitrogens with one attached hydrogen (secondary N) is 1. The second kappa shape index (κ2) is 5.70. The molecule has 2 aromatic heterocycles. The van der Waals surface area contributed by atoms with Crippen LogP contribution in [-0.2, 0) is 4.74 Å². The summed E-state index contributed by atoms with van der Waals surface area (Å²) >= 11 is 0. The van der Waals surface area contributed by atoms with E-state index in [0.717, 1.165) is 6.42 Å². The average molecular weight is 275 g/mol. The third-order valence-electron chi connectivity index (χ3n) is 2.86. The van der Waals surface area contributed by atoms with Crippen LogP contribution in [-0.4, -0.2) is 35.4 Å². The quantitative estimate of drug-likeness (QED) is 0.909. The van der Waals surface area contributed by atoms with Crippen molar-refractivity contribution in [2.45, 2.75) is 12.5 Å². The Bertz CT molecular complexity index is 579. The molecule has 1 N–H and O–H groups in total. The van der Waals surface area contributed by atoms with E-state index in [1.807, 2.05) is 0 Å². The normalized spacial score (nSPS) is 17.9. The maximum atomic E-state index is 12.2. The van der Waals surface area contributed by atoms with Crippen LogP contribution in [0.4, 0.5) is 5.82 Å². The smallest absolute Gasteiger partial charge is 0.262 e. The first kappa shape index (κ1) is 12.6. The summed E-state index contributed by atoms with van der Waals surface area (Å²) < 4.78 is 15.6. The highest BCUT2D eigenvalue weighted by molar-refractivity contribution is 6.05. The number of carbonyl (C=O) groups is 1. The number of anilines is 1. The van der Waals surface area contributed by atoms with Gasteiger partial charge >= 0.3 is 0 Å². The van der Waals surface area contributed by atoms with Gasteiger partial charge in [0, 0.05) is 18.7 Å². The SMILES string of the molecule is O=C(Nc1ccon1)c1cccnc1O[C@@H]1CCOC1. The van der Waals surface area contributed by atoms with Crippen molar-refractivity contribution in [1.29, 1.82) is 0 Å². The number of aromatic nitrogens is 2. The van der Waals surface area contributed by atoms with Crippen molar-refractivity contribution in [2.24, 2.45) is 0 Å². The number of nitrogens with zero attached hydrogens (tertiary/aromatic N) is 2. The molecule has 0 aromatic carbocycles. The van der Waals surface area contributed by atoms with E-state index >= 15 is 0 Å². The zero-order chi connectivity index (χ0) is 13.8. The van der Waals surface area contributed by atoms with Crippen molar-refractivity contribution in [2.75, 3.05) is 18.5 Å². The van der Waals surface area contributed by atoms with Gasteiger partial charge in [0.15, 0.2) is 5.82 Å². The predicted molar refractivity (Wildman–Crippen MR) is 68.5 cm³/mol. The molecule has 1 aliphatic heterocycles. The van der Waals surface area contributed by atoms with E-state index in [1.165, 1.54) is 6.26 Å². The van der Waals surface area contributed by atoms with Crippen molar-refractivity contribution in [3.8, 4) is 5.88 Å². The van der Waals surface area contributed by atoms with Crippen LogP contribution in [0.1, 0.15) is 16.8 Å². The fourth-order valence-corrected chi connectivity index (χ4v) is 1.88. The van der Waals surface area contributed by atoms with Gasteiger partial charge in [-0.25, -0.2) is 4.98 Å². The van der Waals surface area contributed by atoms with E-state index in [0.29, 0.717) is 30.5 Å². The third kappa shape index (κ3) is 2.77. The van der Waals surface area contributed by atoms with E-state index in [1.54, 1.807) is 24.4 Å². The Morgan fingerprint density at radius 3 is 3.15 bits per heavy atom. The van der Waals surface area contributed by atoms with Crippen LogP contribution in [0.5, 0.6) is 5.88 Å². The molecule has 0 radical (unpaired) electrons. The predicted octanol–water partition coefficient (Wildman–Crippen LogP) is 1.49. The molecule has 2 aromatic rings. The summed E-state index contributed by atoms with van der Waals surface area (Å²) in [5.74, 6) is 0.291. The van der Waals surface area contributed by atoms with Crippen LogP contribution in [0.15, 0.2) is 35.2 Å². The molecule has 1 aliphatic rings. The summed E-state index contributed by atoms with van der Waals surface area (Å²) in [5, 5.41) is 6.23. The Hall–Kier alpha value is -2.41. The van der Waals surface area contributed by atoms with E-state index < -0.39 is 0 Å². The fraction of sp³-hybridized carbons (Fsp3) is 0.308. The standard InChI is InChI=1S/C13H13N3O4/c17-12(15-11-4-7-19-16-11)10-2-1-5-14-13(10)20-9-3-6-18-8-9/h1-2,4-5,7,9H,3,6,8H2,(H,15,16,17)/t9-/m1/s1. The number of amides is 1. The molecule has 104 valence electrons. The molecule has 1 atom stereocenters. The van der Waals surface area contributed by atoms with Gasteiger partial charge in [-0.15, -0.1) is 0 Å². The van der Waals surface area contributed by atoms with Crippen LogP contribution < -0.4 is 10.1 Å². The minimum absolute atomic E-state index is 0.0662. The lowest BCUT2D eigenvalue weighted by Gasteiger charge is -2.13. The number of hydrogen-bond acceptors (Lipinski definition) is 6. The monoisotopic (exact) mass is 275 g/mol. The van der Waals surface area contributed by atoms with Gasteiger partial charge in [-0.3, -0.25) is 4.79 Å². The van der Waals surface area contributed by atoms with Crippen molar-refractivity contribution in [1.82, 2.24) is 10.1 Å². The van der Waals surface area contributed by atoms with Crippen molar-refractivity contribution in [3.05, 3.63) is 36.2 Å². The number of hydrogen-bond donors (Lipinski definition) is 1. The number of rotatable bonds is 4. The van der Waals surface area contributed by atoms with Gasteiger partial charge in [-0.05, 0) is 12.1 Å². The lowest BCUT2D eigenvalue weighted by Crippen LogP contribution is -2.20. The maximum Gasteiger partial charge on any atom is 0.262 e. The number of carbonyl (C=O) groups excluding carboxylic acids is 1. The van der Waals surface area contributed by atoms with Gasteiger partial charge in [0.1, 0.15) is 17.9 Å². The van der Waals surface area contributed by atoms with Crippen LogP contribution in [0, 0.1) is 0 Å². The van der Waals surface area contributed by atoms with E-state index in [-0.39, 0.29) is 12.0 Å². The topological polar surface area (TPSA) is 86.5 Å². The second-order valence-electron chi connectivity index (χ2n) is 4.30. The minimum Gasteiger partial charge on any atom is -0.471 e. The molecule has 7 heteroatoms. The first-order valence-electron chi connectivity index (χ1n) is 6.24. The zero-order valence-corrected chi connectivity index (χ0v) is 10.6. The van der Waals surface area contributed by atoms with Crippen molar-refractivity contribution >= 4 is 11.7 Å². The van der Waals surface area contributed by atoms with Crippen molar-refractivity contribution < 1.29 is 18.8 Å². The first-order valence-corrected chi connectivity index (χ1v) is 6.24. The highest BCUT2D eigenvalue weighted by atomic mass is 16.5. The van der Waals surface area contributed by atoms with Crippen molar-refractivity contribution in [3.63, 3.8) is 0 Å². The number of ether oxygens (including phenoxy) is 2. The molecule has 1 amide bonds. The Morgan fingerprint density at radius 2 is 2.40 bits per heavy atom. The van der Waals surface area contributed by atoms with Gasteiger partial charge < -0.3 is 19.3 Å². The molecule has 0 spiro atoms. The van der Waals surface area contributed by atoms with Crippen LogP contribution in [0.25, 0.3) is 0 Å². The van der Waals surface area contributed by atoms with E-state index in [9.17, 15) is 4.79 Å². The Balaban J connectivity index is 1.76. The molecule has 20 heavy (non-hydrogen) atoms. The lowest BCUT2D eigenvalue weighted by atomic mass is 10.2. The Labute approximate surface area is 114 Å². The highest BCUT2D eigenvalue weighted by Crippen LogP contribution is 2.20. The van der Waals surface area contributed by atoms with Gasteiger partial charge in [0.05, 0.1) is 13.2 Å². The summed E-state index contributed by atoms with van der Waals surface area (Å²) in [5.41, 5.74) is 0.349. The molecule has 7 nitrogen and oxygen atoms in total.